The van der Waals surface area contributed by atoms with Crippen LogP contribution in [0.1, 0.15) is 26.5 Å². The number of nitrogens with zero attached hydrogens (tertiary/aromatic N) is 1. The van der Waals surface area contributed by atoms with Crippen molar-refractivity contribution in [3.8, 4) is 5.75 Å². The maximum atomic E-state index is 14.4. The Kier molecular flexibility index (Phi) is 4.46. The molecule has 0 saturated heterocycles. The van der Waals surface area contributed by atoms with E-state index in [9.17, 15) is 32.3 Å². The Morgan fingerprint density at radius 1 is 1.26 bits per heavy atom. The van der Waals surface area contributed by atoms with Crippen LogP contribution in [-0.2, 0) is 17.4 Å². The SMILES string of the molecule is Cc1c(CC(=O)O)c2c(F)c(O)ccc2n1C(=O)c1csc(C(F)(F)F)c1. The molecular formula is C17H11F4NO4S. The largest absolute Gasteiger partial charge is 0.505 e. The zero-order valence-electron chi connectivity index (χ0n) is 13.6. The van der Waals surface area contributed by atoms with E-state index < -0.39 is 40.9 Å². The summed E-state index contributed by atoms with van der Waals surface area (Å²) < 4.78 is 53.8. The average Bonchev–Trinajstić information content (AvgIpc) is 3.15. The van der Waals surface area contributed by atoms with Crippen molar-refractivity contribution in [2.45, 2.75) is 19.5 Å². The molecule has 0 aliphatic carbocycles. The number of hydrogen-bond donors (Lipinski definition) is 2. The fraction of sp³-hybridized carbons (Fsp3) is 0.176. The van der Waals surface area contributed by atoms with Gasteiger partial charge in [0.05, 0.1) is 17.5 Å². The molecule has 2 N–H and O–H groups in total. The first-order valence-electron chi connectivity index (χ1n) is 7.46. The third kappa shape index (κ3) is 3.16. The molecule has 5 nitrogen and oxygen atoms in total. The molecule has 0 radical (unpaired) electrons. The fourth-order valence-corrected chi connectivity index (χ4v) is 3.63. The van der Waals surface area contributed by atoms with Gasteiger partial charge in [0.2, 0.25) is 0 Å². The van der Waals surface area contributed by atoms with Gasteiger partial charge in [-0.3, -0.25) is 14.2 Å². The number of carboxylic acids is 1. The van der Waals surface area contributed by atoms with Crippen molar-refractivity contribution in [2.75, 3.05) is 0 Å². The van der Waals surface area contributed by atoms with Crippen LogP contribution in [0.3, 0.4) is 0 Å². The Bertz CT molecular complexity index is 1080. The number of aromatic nitrogens is 1. The van der Waals surface area contributed by atoms with Crippen LogP contribution in [0.2, 0.25) is 0 Å². The lowest BCUT2D eigenvalue weighted by molar-refractivity contribution is -0.136. The zero-order valence-corrected chi connectivity index (χ0v) is 14.4. The second kappa shape index (κ2) is 6.38. The van der Waals surface area contributed by atoms with E-state index in [0.29, 0.717) is 17.4 Å². The molecule has 1 aromatic carbocycles. The minimum absolute atomic E-state index is 0.0366. The zero-order chi connectivity index (χ0) is 20.1. The molecule has 0 amide bonds. The van der Waals surface area contributed by atoms with Crippen molar-refractivity contribution >= 4 is 34.1 Å². The monoisotopic (exact) mass is 401 g/mol. The van der Waals surface area contributed by atoms with Crippen molar-refractivity contribution < 1.29 is 37.4 Å². The Morgan fingerprint density at radius 2 is 1.93 bits per heavy atom. The lowest BCUT2D eigenvalue weighted by Gasteiger charge is -2.06. The minimum Gasteiger partial charge on any atom is -0.505 e. The smallest absolute Gasteiger partial charge is 0.425 e. The van der Waals surface area contributed by atoms with Crippen LogP contribution in [0.15, 0.2) is 23.6 Å². The first kappa shape index (κ1) is 18.9. The topological polar surface area (TPSA) is 79.5 Å². The Morgan fingerprint density at radius 3 is 2.48 bits per heavy atom. The van der Waals surface area contributed by atoms with E-state index in [1.54, 1.807) is 0 Å². The van der Waals surface area contributed by atoms with E-state index in [-0.39, 0.29) is 27.7 Å². The molecule has 3 aromatic rings. The standard InChI is InChI=1S/C17H11F4NO4S/c1-7-9(5-13(24)25)14-10(2-3-11(23)15(14)18)22(7)16(26)8-4-12(27-6-8)17(19,20)21/h2-4,6,23H,5H2,1H3,(H,24,25). The van der Waals surface area contributed by atoms with Gasteiger partial charge < -0.3 is 10.2 Å². The quantitative estimate of drug-likeness (QED) is 0.645. The van der Waals surface area contributed by atoms with Gasteiger partial charge in [-0.1, -0.05) is 0 Å². The van der Waals surface area contributed by atoms with Crippen LogP contribution in [0.5, 0.6) is 5.75 Å². The molecule has 0 spiro atoms. The summed E-state index contributed by atoms with van der Waals surface area (Å²) in [5.74, 6) is -3.97. The van der Waals surface area contributed by atoms with Crippen LogP contribution in [0.4, 0.5) is 17.6 Å². The summed E-state index contributed by atoms with van der Waals surface area (Å²) in [4.78, 5) is 22.9. The molecule has 10 heteroatoms. The second-order valence-electron chi connectivity index (χ2n) is 5.77. The van der Waals surface area contributed by atoms with Gasteiger partial charge in [-0.2, -0.15) is 13.2 Å². The van der Waals surface area contributed by atoms with Gasteiger partial charge in [0.1, 0.15) is 4.88 Å². The predicted octanol–water partition coefficient (Wildman–Crippen LogP) is 4.19. The van der Waals surface area contributed by atoms with Gasteiger partial charge in [-0.05, 0) is 30.7 Å². The lowest BCUT2D eigenvalue weighted by atomic mass is 10.1. The number of aliphatic carboxylic acids is 1. The summed E-state index contributed by atoms with van der Waals surface area (Å²) in [5, 5.41) is 19.4. The fourth-order valence-electron chi connectivity index (χ4n) is 2.88. The summed E-state index contributed by atoms with van der Waals surface area (Å²) in [7, 11) is 0. The minimum atomic E-state index is -4.61. The Hall–Kier alpha value is -2.88. The summed E-state index contributed by atoms with van der Waals surface area (Å²) in [5.41, 5.74) is -0.265. The summed E-state index contributed by atoms with van der Waals surface area (Å²) >= 11 is 0.346. The number of carbonyl (C=O) groups is 2. The molecule has 27 heavy (non-hydrogen) atoms. The molecule has 0 aliphatic rings. The summed E-state index contributed by atoms with van der Waals surface area (Å²) in [6.45, 7) is 1.36. The molecule has 0 fully saturated rings. The van der Waals surface area contributed by atoms with Gasteiger partial charge in [0, 0.05) is 16.5 Å². The predicted molar refractivity (Wildman–Crippen MR) is 88.7 cm³/mol. The van der Waals surface area contributed by atoms with Gasteiger partial charge >= 0.3 is 12.1 Å². The lowest BCUT2D eigenvalue weighted by Crippen LogP contribution is -2.13. The molecule has 142 valence electrons. The van der Waals surface area contributed by atoms with Crippen molar-refractivity contribution in [2.24, 2.45) is 0 Å². The number of thiophene rings is 1. The van der Waals surface area contributed by atoms with Crippen molar-refractivity contribution in [1.29, 1.82) is 0 Å². The van der Waals surface area contributed by atoms with E-state index >= 15 is 0 Å². The molecule has 0 unspecified atom stereocenters. The third-order valence-electron chi connectivity index (χ3n) is 4.07. The van der Waals surface area contributed by atoms with E-state index in [2.05, 4.69) is 0 Å². The van der Waals surface area contributed by atoms with Crippen molar-refractivity contribution in [3.05, 3.63) is 51.1 Å². The highest BCUT2D eigenvalue weighted by Gasteiger charge is 2.34. The van der Waals surface area contributed by atoms with E-state index in [0.717, 1.165) is 16.0 Å². The van der Waals surface area contributed by atoms with Gasteiger partial charge in [-0.25, -0.2) is 4.39 Å². The number of carbonyl (C=O) groups excluding carboxylic acids is 1. The highest BCUT2D eigenvalue weighted by Crippen LogP contribution is 2.36. The molecule has 0 atom stereocenters. The van der Waals surface area contributed by atoms with Crippen LogP contribution < -0.4 is 0 Å². The van der Waals surface area contributed by atoms with Crippen molar-refractivity contribution in [3.63, 3.8) is 0 Å². The Balaban J connectivity index is 2.24. The molecular weight excluding hydrogens is 390 g/mol. The second-order valence-corrected chi connectivity index (χ2v) is 6.68. The number of fused-ring (bicyclic) bond motifs is 1. The molecule has 2 aromatic heterocycles. The number of halogens is 4. The molecule has 0 aliphatic heterocycles. The van der Waals surface area contributed by atoms with Gasteiger partial charge in [0.15, 0.2) is 11.6 Å². The third-order valence-corrected chi connectivity index (χ3v) is 5.05. The number of hydrogen-bond acceptors (Lipinski definition) is 4. The number of benzene rings is 1. The average molecular weight is 401 g/mol. The Labute approximate surface area is 153 Å². The number of rotatable bonds is 3. The highest BCUT2D eigenvalue weighted by atomic mass is 32.1. The number of alkyl halides is 3. The van der Waals surface area contributed by atoms with Gasteiger partial charge in [0.25, 0.3) is 5.91 Å². The highest BCUT2D eigenvalue weighted by molar-refractivity contribution is 7.10. The molecule has 0 saturated carbocycles. The molecule has 2 heterocycles. The van der Waals surface area contributed by atoms with E-state index in [4.69, 9.17) is 5.11 Å². The first-order valence-corrected chi connectivity index (χ1v) is 8.34. The van der Waals surface area contributed by atoms with Crippen molar-refractivity contribution in [1.82, 2.24) is 4.57 Å². The molecule has 0 bridgehead atoms. The van der Waals surface area contributed by atoms with Crippen LogP contribution in [-0.4, -0.2) is 26.7 Å². The maximum absolute atomic E-state index is 14.4. The number of carboxylic acid groups (broad SMARTS) is 1. The van der Waals surface area contributed by atoms with Crippen LogP contribution in [0.25, 0.3) is 10.9 Å². The summed E-state index contributed by atoms with van der Waals surface area (Å²) in [6.07, 6.45) is -5.23. The maximum Gasteiger partial charge on any atom is 0.425 e. The summed E-state index contributed by atoms with van der Waals surface area (Å²) in [6, 6.07) is 2.88. The van der Waals surface area contributed by atoms with E-state index in [1.165, 1.54) is 13.0 Å². The number of aromatic hydroxyl groups is 1. The number of phenols is 1. The van der Waals surface area contributed by atoms with Crippen LogP contribution >= 0.6 is 11.3 Å². The van der Waals surface area contributed by atoms with E-state index in [1.807, 2.05) is 0 Å². The molecule has 3 rings (SSSR count). The normalized spacial score (nSPS) is 11.9. The van der Waals surface area contributed by atoms with Gasteiger partial charge in [-0.15, -0.1) is 11.3 Å². The first-order chi connectivity index (χ1) is 12.5. The van der Waals surface area contributed by atoms with Crippen LogP contribution in [0, 0.1) is 12.7 Å². The number of phenolic OH excluding ortho intramolecular Hbond substituents is 1.